The molecular formula is C16H20N4O3. The number of ether oxygens (including phenoxy) is 1. The van der Waals surface area contributed by atoms with Crippen LogP contribution >= 0.6 is 0 Å². The summed E-state index contributed by atoms with van der Waals surface area (Å²) in [4.78, 5) is 17.6. The van der Waals surface area contributed by atoms with E-state index in [-0.39, 0.29) is 18.1 Å². The predicted octanol–water partition coefficient (Wildman–Crippen LogP) is 3.32. The smallest absolute Gasteiger partial charge is 0.414 e. The van der Waals surface area contributed by atoms with Crippen molar-refractivity contribution >= 4 is 17.5 Å². The summed E-state index contributed by atoms with van der Waals surface area (Å²) >= 11 is 0. The fraction of sp³-hybridized carbons (Fsp3) is 0.438. The van der Waals surface area contributed by atoms with E-state index in [4.69, 9.17) is 9.26 Å². The monoisotopic (exact) mass is 316 g/mol. The van der Waals surface area contributed by atoms with E-state index < -0.39 is 0 Å². The number of hydrogen-bond donors (Lipinski definition) is 1. The van der Waals surface area contributed by atoms with Crippen molar-refractivity contribution < 1.29 is 14.1 Å². The van der Waals surface area contributed by atoms with Gasteiger partial charge in [-0.1, -0.05) is 25.1 Å². The van der Waals surface area contributed by atoms with E-state index in [1.165, 1.54) is 0 Å². The lowest BCUT2D eigenvalue weighted by molar-refractivity contribution is 0.181. The lowest BCUT2D eigenvalue weighted by Crippen LogP contribution is -2.23. The van der Waals surface area contributed by atoms with Crippen LogP contribution in [0.1, 0.15) is 44.4 Å². The summed E-state index contributed by atoms with van der Waals surface area (Å²) in [6.45, 7) is 6.98. The maximum absolute atomic E-state index is 11.6. The Balaban J connectivity index is 1.73. The van der Waals surface area contributed by atoms with Crippen LogP contribution in [0.3, 0.4) is 0 Å². The summed E-state index contributed by atoms with van der Waals surface area (Å²) in [6, 6.07) is 7.48. The van der Waals surface area contributed by atoms with Gasteiger partial charge in [-0.25, -0.2) is 4.79 Å². The fourth-order valence-electron chi connectivity index (χ4n) is 2.36. The third kappa shape index (κ3) is 3.28. The van der Waals surface area contributed by atoms with E-state index in [0.717, 1.165) is 11.4 Å². The molecule has 7 heteroatoms. The maximum atomic E-state index is 11.6. The van der Waals surface area contributed by atoms with Gasteiger partial charge >= 0.3 is 6.09 Å². The summed E-state index contributed by atoms with van der Waals surface area (Å²) in [5.41, 5.74) is 1.68. The Bertz CT molecular complexity index is 698. The van der Waals surface area contributed by atoms with E-state index in [2.05, 4.69) is 15.5 Å². The SMILES string of the molecule is CC(C)c1noc(C(C)Nc2cccc(N3CCOC3=O)c2)n1. The second-order valence-electron chi connectivity index (χ2n) is 5.83. The molecule has 1 aliphatic rings. The average Bonchev–Trinajstić information content (AvgIpc) is 3.16. The van der Waals surface area contributed by atoms with Gasteiger partial charge in [0.15, 0.2) is 5.82 Å². The van der Waals surface area contributed by atoms with Crippen molar-refractivity contribution in [3.05, 3.63) is 36.0 Å². The number of carbonyl (C=O) groups is 1. The molecule has 1 unspecified atom stereocenters. The summed E-state index contributed by atoms with van der Waals surface area (Å²) in [7, 11) is 0. The van der Waals surface area contributed by atoms with Crippen molar-refractivity contribution in [3.8, 4) is 0 Å². The topological polar surface area (TPSA) is 80.5 Å². The number of hydrogen-bond acceptors (Lipinski definition) is 6. The lowest BCUT2D eigenvalue weighted by Gasteiger charge is -2.16. The molecule has 2 aromatic rings. The van der Waals surface area contributed by atoms with Crippen LogP contribution in [0.15, 0.2) is 28.8 Å². The summed E-state index contributed by atoms with van der Waals surface area (Å²) < 4.78 is 10.3. The number of benzene rings is 1. The zero-order valence-corrected chi connectivity index (χ0v) is 13.4. The van der Waals surface area contributed by atoms with Crippen molar-refractivity contribution in [3.63, 3.8) is 0 Å². The summed E-state index contributed by atoms with van der Waals surface area (Å²) in [5, 5.41) is 7.29. The second-order valence-corrected chi connectivity index (χ2v) is 5.83. The Hall–Kier alpha value is -2.57. The highest BCUT2D eigenvalue weighted by Crippen LogP contribution is 2.25. The number of rotatable bonds is 5. The number of aromatic nitrogens is 2. The van der Waals surface area contributed by atoms with Gasteiger partial charge in [-0.15, -0.1) is 0 Å². The third-order valence-electron chi connectivity index (χ3n) is 3.65. The molecule has 0 saturated carbocycles. The molecule has 1 aromatic heterocycles. The molecule has 7 nitrogen and oxygen atoms in total. The van der Waals surface area contributed by atoms with Gasteiger partial charge in [0.2, 0.25) is 5.89 Å². The van der Waals surface area contributed by atoms with Crippen LogP contribution in [0.5, 0.6) is 0 Å². The molecular weight excluding hydrogens is 296 g/mol. The zero-order valence-electron chi connectivity index (χ0n) is 13.4. The Labute approximate surface area is 134 Å². The first kappa shape index (κ1) is 15.3. The van der Waals surface area contributed by atoms with E-state index >= 15 is 0 Å². The number of cyclic esters (lactones) is 1. The van der Waals surface area contributed by atoms with E-state index in [0.29, 0.717) is 24.9 Å². The molecule has 1 saturated heterocycles. The molecule has 0 bridgehead atoms. The maximum Gasteiger partial charge on any atom is 0.414 e. The van der Waals surface area contributed by atoms with Gasteiger partial charge < -0.3 is 14.6 Å². The Kier molecular flexibility index (Phi) is 4.18. The largest absolute Gasteiger partial charge is 0.447 e. The van der Waals surface area contributed by atoms with Crippen molar-refractivity contribution in [1.29, 1.82) is 0 Å². The first-order chi connectivity index (χ1) is 11.0. The third-order valence-corrected chi connectivity index (χ3v) is 3.65. The van der Waals surface area contributed by atoms with Gasteiger partial charge in [-0.3, -0.25) is 4.90 Å². The Morgan fingerprint density at radius 3 is 2.78 bits per heavy atom. The molecule has 23 heavy (non-hydrogen) atoms. The first-order valence-electron chi connectivity index (χ1n) is 7.69. The standard InChI is InChI=1S/C16H20N4O3/c1-10(2)14-18-15(23-19-14)11(3)17-12-5-4-6-13(9-12)20-7-8-22-16(20)21/h4-6,9-11,17H,7-8H2,1-3H3. The molecule has 1 fully saturated rings. The molecule has 2 heterocycles. The van der Waals surface area contributed by atoms with E-state index in [1.54, 1.807) is 4.90 Å². The minimum atomic E-state index is -0.311. The van der Waals surface area contributed by atoms with Crippen LogP contribution in [0.25, 0.3) is 0 Å². The average molecular weight is 316 g/mol. The van der Waals surface area contributed by atoms with Gasteiger partial charge in [0, 0.05) is 17.3 Å². The fourth-order valence-corrected chi connectivity index (χ4v) is 2.36. The molecule has 1 N–H and O–H groups in total. The molecule has 0 spiro atoms. The summed E-state index contributed by atoms with van der Waals surface area (Å²) in [6.07, 6.45) is -0.311. The number of nitrogens with zero attached hydrogens (tertiary/aromatic N) is 3. The van der Waals surface area contributed by atoms with Gasteiger partial charge in [0.05, 0.1) is 6.54 Å². The van der Waals surface area contributed by atoms with Crippen LogP contribution in [0, 0.1) is 0 Å². The second kappa shape index (κ2) is 6.28. The van der Waals surface area contributed by atoms with E-state index in [9.17, 15) is 4.79 Å². The molecule has 3 rings (SSSR count). The number of amides is 1. The molecule has 0 aliphatic carbocycles. The van der Waals surface area contributed by atoms with Crippen molar-refractivity contribution in [2.75, 3.05) is 23.4 Å². The number of carbonyl (C=O) groups excluding carboxylic acids is 1. The van der Waals surface area contributed by atoms with Crippen LogP contribution < -0.4 is 10.2 Å². The van der Waals surface area contributed by atoms with Crippen LogP contribution in [0.4, 0.5) is 16.2 Å². The van der Waals surface area contributed by atoms with Gasteiger partial charge in [-0.05, 0) is 25.1 Å². The lowest BCUT2D eigenvalue weighted by atomic mass is 10.2. The Morgan fingerprint density at radius 2 is 2.13 bits per heavy atom. The highest BCUT2D eigenvalue weighted by Gasteiger charge is 2.24. The van der Waals surface area contributed by atoms with Crippen LogP contribution in [-0.4, -0.2) is 29.4 Å². The molecule has 1 amide bonds. The number of nitrogens with one attached hydrogen (secondary N) is 1. The highest BCUT2D eigenvalue weighted by molar-refractivity contribution is 5.89. The number of anilines is 2. The van der Waals surface area contributed by atoms with Crippen LogP contribution in [-0.2, 0) is 4.74 Å². The van der Waals surface area contributed by atoms with Crippen molar-refractivity contribution in [2.45, 2.75) is 32.7 Å². The van der Waals surface area contributed by atoms with Crippen LogP contribution in [0.2, 0.25) is 0 Å². The highest BCUT2D eigenvalue weighted by atomic mass is 16.6. The van der Waals surface area contributed by atoms with Crippen molar-refractivity contribution in [2.24, 2.45) is 0 Å². The summed E-state index contributed by atoms with van der Waals surface area (Å²) in [5.74, 6) is 1.46. The zero-order chi connectivity index (χ0) is 16.4. The first-order valence-corrected chi connectivity index (χ1v) is 7.69. The Morgan fingerprint density at radius 1 is 1.30 bits per heavy atom. The van der Waals surface area contributed by atoms with Gasteiger partial charge in [0.1, 0.15) is 12.6 Å². The molecule has 1 aromatic carbocycles. The van der Waals surface area contributed by atoms with Gasteiger partial charge in [0.25, 0.3) is 0 Å². The molecule has 0 radical (unpaired) electrons. The van der Waals surface area contributed by atoms with Crippen molar-refractivity contribution in [1.82, 2.24) is 10.1 Å². The quantitative estimate of drug-likeness (QED) is 0.911. The molecule has 1 atom stereocenters. The van der Waals surface area contributed by atoms with E-state index in [1.807, 2.05) is 45.0 Å². The molecule has 122 valence electrons. The predicted molar refractivity (Wildman–Crippen MR) is 85.6 cm³/mol. The minimum absolute atomic E-state index is 0.129. The van der Waals surface area contributed by atoms with Gasteiger partial charge in [-0.2, -0.15) is 4.98 Å². The normalized spacial score (nSPS) is 15.8. The molecule has 1 aliphatic heterocycles. The minimum Gasteiger partial charge on any atom is -0.447 e.